The number of hydrogen-bond donors (Lipinski definition) is 3. The van der Waals surface area contributed by atoms with Gasteiger partial charge in [0.25, 0.3) is 0 Å². The van der Waals surface area contributed by atoms with Crippen LogP contribution in [-0.4, -0.2) is 55.7 Å². The summed E-state index contributed by atoms with van der Waals surface area (Å²) in [4.78, 5) is 0. The minimum atomic E-state index is -0.890. The molecule has 129 valence electrons. The molecule has 0 aromatic heterocycles. The van der Waals surface area contributed by atoms with Gasteiger partial charge in [-0.1, -0.05) is 0 Å². The fraction of sp³-hybridized carbons (Fsp3) is 1.00. The van der Waals surface area contributed by atoms with Crippen LogP contribution in [0.3, 0.4) is 0 Å². The normalized spacial score (nSPS) is 20.9. The zero-order valence-corrected chi connectivity index (χ0v) is 16.9. The molecule has 1 aliphatic rings. The van der Waals surface area contributed by atoms with Crippen molar-refractivity contribution >= 4 is 24.8 Å². The minimum absolute atomic E-state index is 0. The van der Waals surface area contributed by atoms with Crippen LogP contribution in [0, 0.1) is 0 Å². The summed E-state index contributed by atoms with van der Waals surface area (Å²) in [6.07, 6.45) is 5.10. The molecule has 7 heteroatoms. The van der Waals surface area contributed by atoms with E-state index in [0.29, 0.717) is 0 Å². The van der Waals surface area contributed by atoms with Gasteiger partial charge < -0.3 is 0 Å². The van der Waals surface area contributed by atoms with Crippen LogP contribution in [0.2, 0.25) is 10.5 Å². The number of nitrogens with one attached hydrogen (secondary N) is 3. The summed E-state index contributed by atoms with van der Waals surface area (Å²) in [5.41, 5.74) is 0. The van der Waals surface area contributed by atoms with Gasteiger partial charge in [-0.25, -0.2) is 0 Å². The summed E-state index contributed by atoms with van der Waals surface area (Å²) in [7, 11) is 0. The van der Waals surface area contributed by atoms with E-state index >= 15 is 0 Å². The van der Waals surface area contributed by atoms with E-state index in [-0.39, 0.29) is 24.8 Å². The molecule has 0 saturated carbocycles. The zero-order chi connectivity index (χ0) is 13.8. The molecule has 0 aromatic carbocycles. The number of rotatable bonds is 1. The van der Waals surface area contributed by atoms with Crippen LogP contribution in [0.15, 0.2) is 0 Å². The summed E-state index contributed by atoms with van der Waals surface area (Å²) < 4.78 is 2.77. The second-order valence-corrected chi connectivity index (χ2v) is 9.54. The Balaban J connectivity index is 0. The molecule has 1 aliphatic heterocycles. The maximum atomic E-state index is 3.57. The van der Waals surface area contributed by atoms with Crippen LogP contribution in [0.5, 0.6) is 0 Å². The number of hydrogen-bond acceptors (Lipinski definition) is 4. The summed E-state index contributed by atoms with van der Waals surface area (Å²) in [6, 6.07) is 0. The molecule has 0 bridgehead atoms. The first-order chi connectivity index (χ1) is 9.30. The van der Waals surface area contributed by atoms with Crippen molar-refractivity contribution in [2.45, 2.75) is 36.1 Å². The average molecular weight is 378 g/mol. The molecule has 0 radical (unpaired) electrons. The van der Waals surface area contributed by atoms with Gasteiger partial charge in [-0.05, 0) is 0 Å². The van der Waals surface area contributed by atoms with Gasteiger partial charge in [0, 0.05) is 0 Å². The molecule has 3 N–H and O–H groups in total. The molecule has 0 aliphatic carbocycles. The zero-order valence-electron chi connectivity index (χ0n) is 13.7. The molecule has 0 amide bonds. The number of nitrogens with zero attached hydrogens (tertiary/aromatic N) is 1. The van der Waals surface area contributed by atoms with Gasteiger partial charge >= 0.3 is 126 Å². The second kappa shape index (κ2) is 17.5. The quantitative estimate of drug-likeness (QED) is 0.612. The Morgan fingerprint density at radius 2 is 0.952 bits per heavy atom. The van der Waals surface area contributed by atoms with Gasteiger partial charge in [0.05, 0.1) is 0 Å². The molecule has 1 fully saturated rings. The van der Waals surface area contributed by atoms with Gasteiger partial charge in [-0.2, -0.15) is 0 Å². The fourth-order valence-corrected chi connectivity index (χ4v) is 4.29. The van der Waals surface area contributed by atoms with Crippen LogP contribution < -0.4 is 16.0 Å². The van der Waals surface area contributed by atoms with E-state index in [1.165, 1.54) is 51.9 Å². The van der Waals surface area contributed by atoms with Crippen LogP contribution in [0.25, 0.3) is 0 Å². The Morgan fingerprint density at radius 1 is 0.619 bits per heavy atom. The Kier molecular flexibility index (Phi) is 20.3. The molecule has 21 heavy (non-hydrogen) atoms. The molecular formula is C14H35Cl2N4Ti. The molecule has 1 rings (SSSR count). The van der Waals surface area contributed by atoms with Crippen molar-refractivity contribution in [1.82, 2.24) is 19.3 Å². The first-order valence-electron chi connectivity index (χ1n) is 7.98. The van der Waals surface area contributed by atoms with E-state index in [1.54, 1.807) is 0 Å². The molecule has 0 unspecified atom stereocenters. The van der Waals surface area contributed by atoms with Gasteiger partial charge in [-0.3, -0.25) is 0 Å². The molecular weight excluding hydrogens is 343 g/mol. The standard InChI is InChI=1S/C12H27N4.2CH3.2ClH.Ti/c1-5-13-7-2-9-15-11-4-12-16-10-3-8-14-6-1;;;;;/h13-15H,1-12H2;2*1H3;2*1H;/q-1;;;;;+1. The monoisotopic (exact) mass is 377 g/mol. The molecule has 1 heterocycles. The molecule has 0 aromatic rings. The van der Waals surface area contributed by atoms with E-state index in [2.05, 4.69) is 29.8 Å². The Hall–Kier alpha value is 1.13. The van der Waals surface area contributed by atoms with Gasteiger partial charge in [0.1, 0.15) is 0 Å². The molecule has 0 atom stereocenters. The third kappa shape index (κ3) is 14.5. The summed E-state index contributed by atoms with van der Waals surface area (Å²) >= 11 is -0.890. The van der Waals surface area contributed by atoms with Gasteiger partial charge in [-0.15, -0.1) is 24.8 Å². The maximum absolute atomic E-state index is 3.57. The van der Waals surface area contributed by atoms with Crippen molar-refractivity contribution < 1.29 is 18.1 Å². The molecule has 1 saturated heterocycles. The van der Waals surface area contributed by atoms with Crippen molar-refractivity contribution in [3.8, 4) is 0 Å². The first kappa shape index (κ1) is 24.4. The first-order valence-corrected chi connectivity index (χ1v) is 11.8. The van der Waals surface area contributed by atoms with E-state index in [1.807, 2.05) is 0 Å². The average Bonchev–Trinajstić information content (AvgIpc) is 2.38. The van der Waals surface area contributed by atoms with Crippen molar-refractivity contribution in [2.24, 2.45) is 0 Å². The SMILES string of the molecule is Cl.Cl.[CH3][Ti]([CH3])[N]1CCCNCCCNCCCNCCC1. The number of halogens is 2. The fourth-order valence-electron chi connectivity index (χ4n) is 2.40. The predicted octanol–water partition coefficient (Wildman–Crippen LogP) is 2.10. The topological polar surface area (TPSA) is 39.3 Å². The van der Waals surface area contributed by atoms with E-state index in [4.69, 9.17) is 0 Å². The van der Waals surface area contributed by atoms with Crippen LogP contribution in [-0.2, 0) is 18.1 Å². The molecule has 0 spiro atoms. The van der Waals surface area contributed by atoms with Crippen molar-refractivity contribution in [3.63, 3.8) is 0 Å². The summed E-state index contributed by atoms with van der Waals surface area (Å²) in [5, 5.41) is 15.6. The Bertz CT molecular complexity index is 195. The van der Waals surface area contributed by atoms with Crippen LogP contribution >= 0.6 is 24.8 Å². The van der Waals surface area contributed by atoms with Gasteiger partial charge in [0.15, 0.2) is 0 Å². The van der Waals surface area contributed by atoms with Crippen molar-refractivity contribution in [3.05, 3.63) is 0 Å². The van der Waals surface area contributed by atoms with E-state index in [0.717, 1.165) is 26.2 Å². The van der Waals surface area contributed by atoms with Gasteiger partial charge in [0.2, 0.25) is 0 Å². The summed E-state index contributed by atoms with van der Waals surface area (Å²) in [5.74, 6) is 0. The summed E-state index contributed by atoms with van der Waals surface area (Å²) in [6.45, 7) is 9.58. The van der Waals surface area contributed by atoms with Crippen molar-refractivity contribution in [2.75, 3.05) is 52.4 Å². The Labute approximate surface area is 150 Å². The predicted molar refractivity (Wildman–Crippen MR) is 94.9 cm³/mol. The Morgan fingerprint density at radius 3 is 1.29 bits per heavy atom. The molecule has 4 nitrogen and oxygen atoms in total. The van der Waals surface area contributed by atoms with E-state index in [9.17, 15) is 0 Å². The third-order valence-electron chi connectivity index (χ3n) is 3.61. The van der Waals surface area contributed by atoms with Crippen molar-refractivity contribution in [1.29, 1.82) is 0 Å². The van der Waals surface area contributed by atoms with Crippen LogP contribution in [0.1, 0.15) is 25.7 Å². The van der Waals surface area contributed by atoms with E-state index < -0.39 is 18.1 Å². The third-order valence-corrected chi connectivity index (χ3v) is 6.28. The second-order valence-electron chi connectivity index (χ2n) is 5.60. The van der Waals surface area contributed by atoms with Crippen LogP contribution in [0.4, 0.5) is 0 Å².